The smallest absolute Gasteiger partial charge is 0.260 e. The number of hydrazone groups is 1. The number of nitrogens with zero attached hydrogens (tertiary/aromatic N) is 4. The standard InChI is InChI=1S/C22H18ClN5O/c1-15(16-9-11-17(23)12-10-16)26-27-21(29)14-28-20-8-3-2-6-18(20)25-22(28)19-7-4-5-13-24-19/h2-13H,14H2,1H3,(H,27,29)/b26-15+. The van der Waals surface area contributed by atoms with E-state index < -0.39 is 0 Å². The van der Waals surface area contributed by atoms with Crippen molar-refractivity contribution < 1.29 is 4.79 Å². The van der Waals surface area contributed by atoms with E-state index in [1.165, 1.54) is 0 Å². The first-order valence-electron chi connectivity index (χ1n) is 9.07. The van der Waals surface area contributed by atoms with Crippen molar-refractivity contribution in [1.82, 2.24) is 20.0 Å². The fourth-order valence-corrected chi connectivity index (χ4v) is 3.13. The van der Waals surface area contributed by atoms with E-state index in [2.05, 4.69) is 20.5 Å². The van der Waals surface area contributed by atoms with Crippen LogP contribution < -0.4 is 5.43 Å². The van der Waals surface area contributed by atoms with Crippen molar-refractivity contribution in [3.63, 3.8) is 0 Å². The molecule has 2 aromatic heterocycles. The minimum atomic E-state index is -0.251. The van der Waals surface area contributed by atoms with E-state index in [0.717, 1.165) is 16.6 Å². The summed E-state index contributed by atoms with van der Waals surface area (Å²) < 4.78 is 1.85. The molecule has 0 bridgehead atoms. The molecule has 29 heavy (non-hydrogen) atoms. The Kier molecular flexibility index (Phi) is 5.35. The van der Waals surface area contributed by atoms with Gasteiger partial charge < -0.3 is 4.57 Å². The van der Waals surface area contributed by atoms with E-state index >= 15 is 0 Å². The molecule has 0 aliphatic heterocycles. The second-order valence-electron chi connectivity index (χ2n) is 6.46. The van der Waals surface area contributed by atoms with Crippen LogP contribution in [0.1, 0.15) is 12.5 Å². The summed E-state index contributed by atoms with van der Waals surface area (Å²) in [6.45, 7) is 1.90. The number of para-hydroxylation sites is 2. The minimum absolute atomic E-state index is 0.0732. The molecule has 4 aromatic rings. The molecule has 1 N–H and O–H groups in total. The van der Waals surface area contributed by atoms with Gasteiger partial charge in [-0.05, 0) is 48.9 Å². The van der Waals surface area contributed by atoms with Crippen molar-refractivity contribution in [2.75, 3.05) is 0 Å². The average Bonchev–Trinajstić information content (AvgIpc) is 3.11. The second-order valence-corrected chi connectivity index (χ2v) is 6.90. The molecule has 2 aromatic carbocycles. The van der Waals surface area contributed by atoms with Gasteiger partial charge in [-0.25, -0.2) is 10.4 Å². The van der Waals surface area contributed by atoms with Crippen molar-refractivity contribution in [2.24, 2.45) is 5.10 Å². The third-order valence-corrected chi connectivity index (χ3v) is 4.71. The van der Waals surface area contributed by atoms with Crippen LogP contribution in [0, 0.1) is 0 Å². The molecule has 0 saturated heterocycles. The van der Waals surface area contributed by atoms with Gasteiger partial charge in [0.25, 0.3) is 5.91 Å². The topological polar surface area (TPSA) is 72.2 Å². The van der Waals surface area contributed by atoms with Gasteiger partial charge in [0.1, 0.15) is 12.2 Å². The summed E-state index contributed by atoms with van der Waals surface area (Å²) in [5.41, 5.74) is 6.58. The first-order chi connectivity index (χ1) is 14.1. The van der Waals surface area contributed by atoms with Crippen molar-refractivity contribution in [3.8, 4) is 11.5 Å². The highest BCUT2D eigenvalue weighted by atomic mass is 35.5. The first kappa shape index (κ1) is 18.8. The highest BCUT2D eigenvalue weighted by molar-refractivity contribution is 6.30. The van der Waals surface area contributed by atoms with Gasteiger partial charge in [-0.2, -0.15) is 5.10 Å². The zero-order valence-electron chi connectivity index (χ0n) is 15.7. The Morgan fingerprint density at radius 2 is 1.83 bits per heavy atom. The van der Waals surface area contributed by atoms with Crippen LogP contribution in [0.3, 0.4) is 0 Å². The Bertz CT molecular complexity index is 1180. The van der Waals surface area contributed by atoms with Crippen molar-refractivity contribution >= 4 is 34.3 Å². The van der Waals surface area contributed by atoms with Gasteiger partial charge in [0.05, 0.1) is 16.7 Å². The number of fused-ring (bicyclic) bond motifs is 1. The third kappa shape index (κ3) is 4.17. The number of carbonyl (C=O) groups excluding carboxylic acids is 1. The summed E-state index contributed by atoms with van der Waals surface area (Å²) in [5, 5.41) is 4.86. The molecule has 144 valence electrons. The molecule has 4 rings (SSSR count). The van der Waals surface area contributed by atoms with Gasteiger partial charge in [0, 0.05) is 11.2 Å². The maximum Gasteiger partial charge on any atom is 0.260 e. The second kappa shape index (κ2) is 8.24. The van der Waals surface area contributed by atoms with Gasteiger partial charge >= 0.3 is 0 Å². The van der Waals surface area contributed by atoms with Gasteiger partial charge in [-0.1, -0.05) is 41.9 Å². The summed E-state index contributed by atoms with van der Waals surface area (Å²) in [4.78, 5) is 21.7. The quantitative estimate of drug-likeness (QED) is 0.399. The lowest BCUT2D eigenvalue weighted by Gasteiger charge is -2.08. The molecule has 0 unspecified atom stereocenters. The number of amides is 1. The fraction of sp³-hybridized carbons (Fsp3) is 0.0909. The molecule has 0 aliphatic rings. The Morgan fingerprint density at radius 1 is 1.07 bits per heavy atom. The van der Waals surface area contributed by atoms with Gasteiger partial charge in [-0.3, -0.25) is 9.78 Å². The van der Waals surface area contributed by atoms with Gasteiger partial charge in [0.15, 0.2) is 5.82 Å². The predicted octanol–water partition coefficient (Wildman–Crippen LogP) is 4.29. The van der Waals surface area contributed by atoms with Crippen LogP contribution in [0.25, 0.3) is 22.6 Å². The summed E-state index contributed by atoms with van der Waals surface area (Å²) in [5.74, 6) is 0.388. The molecule has 0 radical (unpaired) electrons. The third-order valence-electron chi connectivity index (χ3n) is 4.46. The summed E-state index contributed by atoms with van der Waals surface area (Å²) >= 11 is 5.91. The number of nitrogens with one attached hydrogen (secondary N) is 1. The maximum atomic E-state index is 12.6. The molecule has 1 amide bonds. The van der Waals surface area contributed by atoms with Crippen LogP contribution in [0.2, 0.25) is 5.02 Å². The van der Waals surface area contributed by atoms with Crippen LogP contribution in [-0.4, -0.2) is 26.2 Å². The van der Waals surface area contributed by atoms with Gasteiger partial charge in [0.2, 0.25) is 0 Å². The summed E-state index contributed by atoms with van der Waals surface area (Å²) in [6, 6.07) is 20.6. The molecular weight excluding hydrogens is 386 g/mol. The summed E-state index contributed by atoms with van der Waals surface area (Å²) in [6.07, 6.45) is 1.71. The molecule has 0 aliphatic carbocycles. The van der Waals surface area contributed by atoms with Crippen LogP contribution in [0.4, 0.5) is 0 Å². The number of benzene rings is 2. The van der Waals surface area contributed by atoms with Crippen LogP contribution >= 0.6 is 11.6 Å². The summed E-state index contributed by atoms with van der Waals surface area (Å²) in [7, 11) is 0. The Morgan fingerprint density at radius 3 is 2.59 bits per heavy atom. The lowest BCUT2D eigenvalue weighted by atomic mass is 10.1. The molecule has 2 heterocycles. The maximum absolute atomic E-state index is 12.6. The number of hydrogen-bond acceptors (Lipinski definition) is 4. The van der Waals surface area contributed by atoms with E-state index in [9.17, 15) is 4.79 Å². The van der Waals surface area contributed by atoms with Crippen molar-refractivity contribution in [2.45, 2.75) is 13.5 Å². The Balaban J connectivity index is 1.59. The average molecular weight is 404 g/mol. The van der Waals surface area contributed by atoms with E-state index in [-0.39, 0.29) is 12.5 Å². The van der Waals surface area contributed by atoms with Gasteiger partial charge in [-0.15, -0.1) is 0 Å². The number of imidazole rings is 1. The number of hydrogen-bond donors (Lipinski definition) is 1. The molecular formula is C22H18ClN5O. The lowest BCUT2D eigenvalue weighted by molar-refractivity contribution is -0.121. The Hall–Kier alpha value is -3.51. The molecule has 0 fully saturated rings. The normalized spacial score (nSPS) is 11.6. The number of aromatic nitrogens is 3. The van der Waals surface area contributed by atoms with E-state index in [1.807, 2.05) is 66.1 Å². The highest BCUT2D eigenvalue weighted by Crippen LogP contribution is 2.23. The van der Waals surface area contributed by atoms with E-state index in [4.69, 9.17) is 11.6 Å². The van der Waals surface area contributed by atoms with Crippen molar-refractivity contribution in [3.05, 3.63) is 83.5 Å². The first-order valence-corrected chi connectivity index (χ1v) is 9.45. The number of carbonyl (C=O) groups is 1. The zero-order chi connectivity index (χ0) is 20.2. The fourth-order valence-electron chi connectivity index (χ4n) is 3.01. The largest absolute Gasteiger partial charge is 0.313 e. The number of pyridine rings is 1. The molecule has 7 heteroatoms. The van der Waals surface area contributed by atoms with Crippen LogP contribution in [-0.2, 0) is 11.3 Å². The molecule has 0 spiro atoms. The monoisotopic (exact) mass is 403 g/mol. The number of halogens is 1. The molecule has 6 nitrogen and oxygen atoms in total. The van der Waals surface area contributed by atoms with Crippen LogP contribution in [0.5, 0.6) is 0 Å². The SMILES string of the molecule is C/C(=N\NC(=O)Cn1c(-c2ccccn2)nc2ccccc21)c1ccc(Cl)cc1. The minimum Gasteiger partial charge on any atom is -0.313 e. The Labute approximate surface area is 172 Å². The zero-order valence-corrected chi connectivity index (χ0v) is 16.5. The number of rotatable bonds is 5. The van der Waals surface area contributed by atoms with E-state index in [0.29, 0.717) is 22.3 Å². The highest BCUT2D eigenvalue weighted by Gasteiger charge is 2.15. The van der Waals surface area contributed by atoms with Crippen molar-refractivity contribution in [1.29, 1.82) is 0 Å². The molecule has 0 atom stereocenters. The predicted molar refractivity (Wildman–Crippen MR) is 115 cm³/mol. The van der Waals surface area contributed by atoms with E-state index in [1.54, 1.807) is 18.3 Å². The molecule has 0 saturated carbocycles. The van der Waals surface area contributed by atoms with Crippen LogP contribution in [0.15, 0.2) is 78.0 Å². The lowest BCUT2D eigenvalue weighted by Crippen LogP contribution is -2.24.